The van der Waals surface area contributed by atoms with Crippen LogP contribution in [0.1, 0.15) is 12.8 Å². The fraction of sp³-hybridized carbons (Fsp3) is 0.400. The number of nitrogens with one attached hydrogen (secondary N) is 3. The highest BCUT2D eigenvalue weighted by atomic mass is 35.5. The highest BCUT2D eigenvalue weighted by Crippen LogP contribution is 2.27. The fourth-order valence-electron chi connectivity index (χ4n) is 2.21. The Morgan fingerprint density at radius 2 is 1.96 bits per heavy atom. The Balaban J connectivity index is 1.94. The molecule has 1 heterocycles. The maximum absolute atomic E-state index is 11.9. The van der Waals surface area contributed by atoms with E-state index in [4.69, 9.17) is 16.3 Å². The number of rotatable bonds is 3. The lowest BCUT2D eigenvalue weighted by Crippen LogP contribution is -3.10. The van der Waals surface area contributed by atoms with Crippen LogP contribution in [-0.2, 0) is 9.59 Å². The van der Waals surface area contributed by atoms with Crippen molar-refractivity contribution in [1.29, 1.82) is 0 Å². The summed E-state index contributed by atoms with van der Waals surface area (Å²) in [5, 5.41) is 6.92. The number of ether oxygens (including phenoxy) is 1. The average molecular weight is 340 g/mol. The Hall–Kier alpha value is -2.12. The fourth-order valence-corrected chi connectivity index (χ4v) is 2.39. The van der Waals surface area contributed by atoms with Crippen molar-refractivity contribution in [2.45, 2.75) is 12.8 Å². The Labute approximate surface area is 139 Å². The quantitative estimate of drug-likeness (QED) is 0.538. The summed E-state index contributed by atoms with van der Waals surface area (Å²) < 4.78 is 5.11. The van der Waals surface area contributed by atoms with E-state index in [9.17, 15) is 9.59 Å². The Bertz CT molecular complexity index is 623. The van der Waals surface area contributed by atoms with Crippen LogP contribution in [0.25, 0.3) is 0 Å². The van der Waals surface area contributed by atoms with E-state index in [1.54, 1.807) is 12.1 Å². The molecule has 1 aromatic carbocycles. The number of quaternary nitrogens is 1. The topological polar surface area (TPSA) is 84.2 Å². The highest BCUT2D eigenvalue weighted by Gasteiger charge is 2.18. The van der Waals surface area contributed by atoms with Gasteiger partial charge in [-0.25, -0.2) is 5.43 Å². The van der Waals surface area contributed by atoms with Crippen LogP contribution in [0, 0.1) is 0 Å². The molecule has 1 fully saturated rings. The van der Waals surface area contributed by atoms with Gasteiger partial charge in [0.25, 0.3) is 0 Å². The van der Waals surface area contributed by atoms with Crippen LogP contribution < -0.4 is 20.4 Å². The summed E-state index contributed by atoms with van der Waals surface area (Å²) in [6.07, 6.45) is 1.63. The zero-order valence-electron chi connectivity index (χ0n) is 13.1. The number of piperidine rings is 1. The number of hydrogen-bond acceptors (Lipinski definition) is 4. The van der Waals surface area contributed by atoms with E-state index < -0.39 is 11.8 Å². The first-order valence-corrected chi connectivity index (χ1v) is 7.69. The van der Waals surface area contributed by atoms with Gasteiger partial charge in [-0.1, -0.05) is 11.6 Å². The van der Waals surface area contributed by atoms with Gasteiger partial charge in [0.15, 0.2) is 0 Å². The number of methoxy groups -OCH3 is 1. The van der Waals surface area contributed by atoms with E-state index in [-0.39, 0.29) is 0 Å². The minimum Gasteiger partial charge on any atom is -0.495 e. The molecule has 0 saturated carbocycles. The lowest BCUT2D eigenvalue weighted by atomic mass is 10.1. The van der Waals surface area contributed by atoms with Crippen LogP contribution in [0.2, 0.25) is 5.02 Å². The summed E-state index contributed by atoms with van der Waals surface area (Å²) >= 11 is 5.88. The number of hydrogen-bond donors (Lipinski definition) is 3. The molecule has 2 rings (SSSR count). The molecule has 0 aliphatic carbocycles. The van der Waals surface area contributed by atoms with E-state index in [0.717, 1.165) is 31.6 Å². The van der Waals surface area contributed by atoms with Gasteiger partial charge in [0.1, 0.15) is 5.75 Å². The van der Waals surface area contributed by atoms with Crippen molar-refractivity contribution < 1.29 is 19.2 Å². The smallest absolute Gasteiger partial charge is 0.329 e. The number of carbonyl (C=O) groups excluding carboxylic acids is 2. The predicted molar refractivity (Wildman–Crippen MR) is 88.1 cm³/mol. The summed E-state index contributed by atoms with van der Waals surface area (Å²) in [6, 6.07) is 4.75. The molecule has 1 aromatic rings. The minimum absolute atomic E-state index is 0.329. The molecule has 7 nitrogen and oxygen atoms in total. The summed E-state index contributed by atoms with van der Waals surface area (Å²) in [7, 11) is 3.58. The first kappa shape index (κ1) is 17.2. The zero-order valence-corrected chi connectivity index (χ0v) is 13.9. The second-order valence-electron chi connectivity index (χ2n) is 5.37. The maximum atomic E-state index is 11.9. The molecule has 124 valence electrons. The van der Waals surface area contributed by atoms with Crippen LogP contribution >= 0.6 is 11.6 Å². The van der Waals surface area contributed by atoms with Crippen molar-refractivity contribution in [3.05, 3.63) is 23.2 Å². The molecule has 8 heteroatoms. The van der Waals surface area contributed by atoms with Gasteiger partial charge in [-0.05, 0) is 18.2 Å². The van der Waals surface area contributed by atoms with Crippen molar-refractivity contribution in [1.82, 2.24) is 5.43 Å². The van der Waals surface area contributed by atoms with E-state index in [0.29, 0.717) is 16.5 Å². The third-order valence-corrected chi connectivity index (χ3v) is 3.85. The average Bonchev–Trinajstić information content (AvgIpc) is 2.54. The molecule has 2 amide bonds. The van der Waals surface area contributed by atoms with Crippen molar-refractivity contribution in [2.75, 3.05) is 32.6 Å². The molecule has 0 spiro atoms. The molecule has 0 unspecified atom stereocenters. The molecule has 3 N–H and O–H groups in total. The van der Waals surface area contributed by atoms with Gasteiger partial charge in [-0.15, -0.1) is 0 Å². The molecule has 1 saturated heterocycles. The molecule has 0 atom stereocenters. The van der Waals surface area contributed by atoms with Crippen molar-refractivity contribution >= 4 is 34.8 Å². The summed E-state index contributed by atoms with van der Waals surface area (Å²) in [5.74, 6) is -1.24. The molecule has 0 radical (unpaired) electrons. The number of hydrazone groups is 1. The number of nitrogens with zero attached hydrogens (tertiary/aromatic N) is 1. The molecule has 1 aliphatic rings. The van der Waals surface area contributed by atoms with Crippen molar-refractivity contribution in [3.63, 3.8) is 0 Å². The molecule has 0 bridgehead atoms. The van der Waals surface area contributed by atoms with Crippen molar-refractivity contribution in [3.8, 4) is 5.75 Å². The number of carbonyl (C=O) groups is 2. The highest BCUT2D eigenvalue weighted by molar-refractivity contribution is 6.40. The molecule has 0 aromatic heterocycles. The van der Waals surface area contributed by atoms with Gasteiger partial charge in [0, 0.05) is 23.6 Å². The van der Waals surface area contributed by atoms with Gasteiger partial charge in [0.05, 0.1) is 32.9 Å². The van der Waals surface area contributed by atoms with Gasteiger partial charge in [0.2, 0.25) is 0 Å². The van der Waals surface area contributed by atoms with Crippen LogP contribution in [0.5, 0.6) is 5.75 Å². The first-order valence-electron chi connectivity index (χ1n) is 7.31. The van der Waals surface area contributed by atoms with E-state index in [1.807, 2.05) is 0 Å². The van der Waals surface area contributed by atoms with Crippen LogP contribution in [0.15, 0.2) is 23.3 Å². The van der Waals surface area contributed by atoms with Gasteiger partial charge >= 0.3 is 11.8 Å². The first-order chi connectivity index (χ1) is 11.0. The molecular weight excluding hydrogens is 320 g/mol. The van der Waals surface area contributed by atoms with Gasteiger partial charge in [-0.2, -0.15) is 5.10 Å². The third kappa shape index (κ3) is 4.94. The second kappa shape index (κ2) is 7.94. The summed E-state index contributed by atoms with van der Waals surface area (Å²) in [4.78, 5) is 25.2. The zero-order chi connectivity index (χ0) is 16.8. The molecule has 1 aliphatic heterocycles. The van der Waals surface area contributed by atoms with Crippen LogP contribution in [0.4, 0.5) is 5.69 Å². The molecular formula is C15H20ClN4O3+. The standard InChI is InChI=1S/C15H19ClN4O3/c1-20-7-5-11(6-8-20)18-19-15(22)14(21)17-12-9-10(16)3-4-13(12)23-2/h3-4,9H,5-8H2,1-2H3,(H,17,21)(H,19,22)/p+1. The number of halogens is 1. The van der Waals surface area contributed by atoms with Gasteiger partial charge < -0.3 is 15.0 Å². The lowest BCUT2D eigenvalue weighted by Gasteiger charge is -2.20. The van der Waals surface area contributed by atoms with Crippen LogP contribution in [-0.4, -0.2) is 44.8 Å². The molecule has 23 heavy (non-hydrogen) atoms. The van der Waals surface area contributed by atoms with Gasteiger partial charge in [-0.3, -0.25) is 9.59 Å². The monoisotopic (exact) mass is 339 g/mol. The minimum atomic E-state index is -0.828. The van der Waals surface area contributed by atoms with E-state index in [2.05, 4.69) is 22.9 Å². The Morgan fingerprint density at radius 1 is 1.26 bits per heavy atom. The van der Waals surface area contributed by atoms with Crippen LogP contribution in [0.3, 0.4) is 0 Å². The largest absolute Gasteiger partial charge is 0.495 e. The van der Waals surface area contributed by atoms with Crippen molar-refractivity contribution in [2.24, 2.45) is 5.10 Å². The van der Waals surface area contributed by atoms with E-state index in [1.165, 1.54) is 18.1 Å². The number of amides is 2. The summed E-state index contributed by atoms with van der Waals surface area (Å²) in [5.41, 5.74) is 3.52. The summed E-state index contributed by atoms with van der Waals surface area (Å²) in [6.45, 7) is 1.95. The SMILES string of the molecule is COc1ccc(Cl)cc1NC(=O)C(=O)NN=C1CC[NH+](C)CC1. The number of benzene rings is 1. The normalized spacial score (nSPS) is 17.3. The lowest BCUT2D eigenvalue weighted by molar-refractivity contribution is -0.880. The maximum Gasteiger partial charge on any atom is 0.329 e. The Kier molecular flexibility index (Phi) is 5.95. The number of anilines is 1. The van der Waals surface area contributed by atoms with E-state index >= 15 is 0 Å². The predicted octanol–water partition coefficient (Wildman–Crippen LogP) is 0.0678. The Morgan fingerprint density at radius 3 is 2.61 bits per heavy atom. The second-order valence-corrected chi connectivity index (χ2v) is 5.81. The number of likely N-dealkylation sites (tertiary alicyclic amines) is 1. The third-order valence-electron chi connectivity index (χ3n) is 3.61.